The normalized spacial score (nSPS) is 9.87. The first-order valence-corrected chi connectivity index (χ1v) is 6.80. The number of nitrogens with zero attached hydrogens (tertiary/aromatic N) is 1. The summed E-state index contributed by atoms with van der Waals surface area (Å²) in [7, 11) is 3.06. The first-order valence-electron chi connectivity index (χ1n) is 6.80. The molecule has 0 aliphatic heterocycles. The van der Waals surface area contributed by atoms with Crippen molar-refractivity contribution in [2.45, 2.75) is 6.92 Å². The minimum Gasteiger partial charge on any atom is -0.493 e. The lowest BCUT2D eigenvalue weighted by Gasteiger charge is -2.11. The molecular formula is C16H17N3O4. The van der Waals surface area contributed by atoms with Crippen molar-refractivity contribution < 1.29 is 19.1 Å². The van der Waals surface area contributed by atoms with E-state index in [-0.39, 0.29) is 11.8 Å². The Morgan fingerprint density at radius 1 is 1.00 bits per heavy atom. The second-order valence-electron chi connectivity index (χ2n) is 4.63. The Labute approximate surface area is 133 Å². The van der Waals surface area contributed by atoms with Gasteiger partial charge in [-0.1, -0.05) is 0 Å². The summed E-state index contributed by atoms with van der Waals surface area (Å²) in [5.74, 6) is 0.819. The van der Waals surface area contributed by atoms with Crippen molar-refractivity contribution in [1.29, 1.82) is 0 Å². The Bertz CT molecular complexity index is 731. The van der Waals surface area contributed by atoms with Gasteiger partial charge in [0, 0.05) is 30.4 Å². The highest BCUT2D eigenvalue weighted by Gasteiger charge is 2.10. The number of benzene rings is 1. The van der Waals surface area contributed by atoms with Gasteiger partial charge in [-0.15, -0.1) is 0 Å². The van der Waals surface area contributed by atoms with E-state index in [1.807, 2.05) is 0 Å². The molecule has 0 fully saturated rings. The number of hydrogen-bond acceptors (Lipinski definition) is 5. The van der Waals surface area contributed by atoms with Gasteiger partial charge in [0.05, 0.1) is 14.2 Å². The number of pyridine rings is 1. The van der Waals surface area contributed by atoms with E-state index in [2.05, 4.69) is 15.6 Å². The van der Waals surface area contributed by atoms with E-state index in [1.54, 1.807) is 24.3 Å². The van der Waals surface area contributed by atoms with E-state index < -0.39 is 0 Å². The standard InChI is InChI=1S/C16H17N3O4/c1-10(20)18-15-8-11(6-7-17-15)16(21)19-12-4-5-13(22-2)14(9-12)23-3/h4-9H,1-3H3,(H,19,21)(H,17,18,20). The number of methoxy groups -OCH3 is 2. The highest BCUT2D eigenvalue weighted by Crippen LogP contribution is 2.29. The molecule has 2 rings (SSSR count). The van der Waals surface area contributed by atoms with E-state index in [0.29, 0.717) is 28.6 Å². The van der Waals surface area contributed by atoms with Crippen LogP contribution in [-0.2, 0) is 4.79 Å². The zero-order chi connectivity index (χ0) is 16.8. The third-order valence-corrected chi connectivity index (χ3v) is 2.97. The van der Waals surface area contributed by atoms with Crippen LogP contribution in [-0.4, -0.2) is 31.0 Å². The number of nitrogens with one attached hydrogen (secondary N) is 2. The fraction of sp³-hybridized carbons (Fsp3) is 0.188. The second-order valence-corrected chi connectivity index (χ2v) is 4.63. The summed E-state index contributed by atoms with van der Waals surface area (Å²) in [4.78, 5) is 27.3. The Morgan fingerprint density at radius 2 is 1.74 bits per heavy atom. The molecule has 1 heterocycles. The van der Waals surface area contributed by atoms with Crippen LogP contribution in [0.25, 0.3) is 0 Å². The largest absolute Gasteiger partial charge is 0.493 e. The molecule has 0 bridgehead atoms. The van der Waals surface area contributed by atoms with Crippen LogP contribution in [0.5, 0.6) is 11.5 Å². The van der Waals surface area contributed by atoms with Crippen LogP contribution in [0.2, 0.25) is 0 Å². The molecule has 0 atom stereocenters. The number of anilines is 2. The molecule has 23 heavy (non-hydrogen) atoms. The first kappa shape index (κ1) is 16.3. The lowest BCUT2D eigenvalue weighted by molar-refractivity contribution is -0.114. The number of ether oxygens (including phenoxy) is 2. The third kappa shape index (κ3) is 4.19. The van der Waals surface area contributed by atoms with Gasteiger partial charge in [0.15, 0.2) is 11.5 Å². The van der Waals surface area contributed by atoms with E-state index in [9.17, 15) is 9.59 Å². The predicted molar refractivity (Wildman–Crippen MR) is 86.0 cm³/mol. The highest BCUT2D eigenvalue weighted by molar-refractivity contribution is 6.05. The summed E-state index contributed by atoms with van der Waals surface area (Å²) in [6, 6.07) is 8.12. The fourth-order valence-corrected chi connectivity index (χ4v) is 1.94. The summed E-state index contributed by atoms with van der Waals surface area (Å²) >= 11 is 0. The minimum absolute atomic E-state index is 0.255. The SMILES string of the molecule is COc1ccc(NC(=O)c2ccnc(NC(C)=O)c2)cc1OC. The highest BCUT2D eigenvalue weighted by atomic mass is 16.5. The summed E-state index contributed by atoms with van der Waals surface area (Å²) in [5.41, 5.74) is 0.934. The van der Waals surface area contributed by atoms with E-state index in [0.717, 1.165) is 0 Å². The van der Waals surface area contributed by atoms with Crippen molar-refractivity contribution in [2.75, 3.05) is 24.9 Å². The smallest absolute Gasteiger partial charge is 0.255 e. The number of rotatable bonds is 5. The molecule has 0 aliphatic carbocycles. The molecule has 0 unspecified atom stereocenters. The lowest BCUT2D eigenvalue weighted by atomic mass is 10.2. The van der Waals surface area contributed by atoms with E-state index >= 15 is 0 Å². The van der Waals surface area contributed by atoms with Crippen LogP contribution < -0.4 is 20.1 Å². The Morgan fingerprint density at radius 3 is 2.39 bits per heavy atom. The van der Waals surface area contributed by atoms with Crippen molar-refractivity contribution in [3.05, 3.63) is 42.1 Å². The van der Waals surface area contributed by atoms with Gasteiger partial charge in [0.1, 0.15) is 5.82 Å². The third-order valence-electron chi connectivity index (χ3n) is 2.97. The molecule has 0 spiro atoms. The molecule has 7 nitrogen and oxygen atoms in total. The molecule has 1 aromatic heterocycles. The molecule has 0 saturated carbocycles. The minimum atomic E-state index is -0.328. The predicted octanol–water partition coefficient (Wildman–Crippen LogP) is 2.31. The molecule has 120 valence electrons. The molecule has 2 aromatic rings. The maximum Gasteiger partial charge on any atom is 0.255 e. The lowest BCUT2D eigenvalue weighted by Crippen LogP contribution is -2.14. The van der Waals surface area contributed by atoms with Crippen LogP contribution in [0.15, 0.2) is 36.5 Å². The van der Waals surface area contributed by atoms with Crippen molar-refractivity contribution in [3.8, 4) is 11.5 Å². The summed E-state index contributed by atoms with van der Waals surface area (Å²) in [5, 5.41) is 5.28. The molecule has 1 aromatic carbocycles. The second kappa shape index (κ2) is 7.26. The maximum absolute atomic E-state index is 12.3. The van der Waals surface area contributed by atoms with Gasteiger partial charge in [0.2, 0.25) is 5.91 Å². The van der Waals surface area contributed by atoms with Crippen molar-refractivity contribution >= 4 is 23.3 Å². The molecule has 0 radical (unpaired) electrons. The van der Waals surface area contributed by atoms with Gasteiger partial charge in [-0.2, -0.15) is 0 Å². The number of aromatic nitrogens is 1. The molecular weight excluding hydrogens is 298 g/mol. The Kier molecular flexibility index (Phi) is 5.14. The van der Waals surface area contributed by atoms with Crippen molar-refractivity contribution in [1.82, 2.24) is 4.98 Å². The van der Waals surface area contributed by atoms with Crippen LogP contribution in [0.1, 0.15) is 17.3 Å². The Hall–Kier alpha value is -3.09. The number of hydrogen-bond donors (Lipinski definition) is 2. The van der Waals surface area contributed by atoms with Crippen LogP contribution in [0.3, 0.4) is 0 Å². The van der Waals surface area contributed by atoms with Gasteiger partial charge in [0.25, 0.3) is 5.91 Å². The zero-order valence-corrected chi connectivity index (χ0v) is 13.0. The number of carbonyl (C=O) groups is 2. The topological polar surface area (TPSA) is 89.5 Å². The zero-order valence-electron chi connectivity index (χ0n) is 13.0. The van der Waals surface area contributed by atoms with Gasteiger partial charge < -0.3 is 20.1 Å². The number of carbonyl (C=O) groups excluding carboxylic acids is 2. The first-order chi connectivity index (χ1) is 11.0. The van der Waals surface area contributed by atoms with Crippen LogP contribution in [0, 0.1) is 0 Å². The van der Waals surface area contributed by atoms with Crippen molar-refractivity contribution in [2.24, 2.45) is 0 Å². The Balaban J connectivity index is 2.17. The molecule has 7 heteroatoms. The summed E-state index contributed by atoms with van der Waals surface area (Å²) in [6.07, 6.45) is 1.45. The average Bonchev–Trinajstić information content (AvgIpc) is 2.54. The van der Waals surface area contributed by atoms with Crippen molar-refractivity contribution in [3.63, 3.8) is 0 Å². The van der Waals surface area contributed by atoms with Crippen LogP contribution >= 0.6 is 0 Å². The summed E-state index contributed by atoms with van der Waals surface area (Å²) < 4.78 is 10.3. The molecule has 2 N–H and O–H groups in total. The monoisotopic (exact) mass is 315 g/mol. The maximum atomic E-state index is 12.3. The quantitative estimate of drug-likeness (QED) is 0.883. The van der Waals surface area contributed by atoms with E-state index in [4.69, 9.17) is 9.47 Å². The summed E-state index contributed by atoms with van der Waals surface area (Å²) in [6.45, 7) is 1.37. The van der Waals surface area contributed by atoms with Gasteiger partial charge >= 0.3 is 0 Å². The molecule has 2 amide bonds. The van der Waals surface area contributed by atoms with Gasteiger partial charge in [-0.3, -0.25) is 9.59 Å². The van der Waals surface area contributed by atoms with E-state index in [1.165, 1.54) is 33.4 Å². The van der Waals surface area contributed by atoms with Crippen LogP contribution in [0.4, 0.5) is 11.5 Å². The molecule has 0 aliphatic rings. The van der Waals surface area contributed by atoms with Gasteiger partial charge in [-0.25, -0.2) is 4.98 Å². The fourth-order valence-electron chi connectivity index (χ4n) is 1.94. The number of amides is 2. The van der Waals surface area contributed by atoms with Gasteiger partial charge in [-0.05, 0) is 24.3 Å². The average molecular weight is 315 g/mol. The molecule has 0 saturated heterocycles.